The van der Waals surface area contributed by atoms with E-state index in [1.165, 1.54) is 23.1 Å². The normalized spacial score (nSPS) is 31.3. The molecule has 1 N–H and O–H groups in total. The monoisotopic (exact) mass is 286 g/mol. The lowest BCUT2D eigenvalue weighted by atomic mass is 9.85. The highest BCUT2D eigenvalue weighted by atomic mass is 32.2. The lowest BCUT2D eigenvalue weighted by molar-refractivity contribution is -0.141. The molecular formula is C13H22N2O3S. The second-order valence-corrected chi connectivity index (χ2v) is 6.55. The Hall–Kier alpha value is -0.910. The van der Waals surface area contributed by atoms with E-state index < -0.39 is 12.0 Å². The predicted molar refractivity (Wildman–Crippen MR) is 75.2 cm³/mol. The molecule has 5 nitrogen and oxygen atoms in total. The molecule has 2 fully saturated rings. The largest absolute Gasteiger partial charge is 0.480 e. The summed E-state index contributed by atoms with van der Waals surface area (Å²) in [6.45, 7) is 2.18. The summed E-state index contributed by atoms with van der Waals surface area (Å²) in [6.07, 6.45) is 4.57. The number of urea groups is 1. The zero-order valence-electron chi connectivity index (χ0n) is 11.5. The molecule has 0 aromatic carbocycles. The minimum atomic E-state index is -0.900. The van der Waals surface area contributed by atoms with Crippen LogP contribution >= 0.6 is 11.8 Å². The average molecular weight is 286 g/mol. The van der Waals surface area contributed by atoms with Crippen molar-refractivity contribution in [2.24, 2.45) is 5.92 Å². The molecule has 1 aliphatic carbocycles. The van der Waals surface area contributed by atoms with Gasteiger partial charge < -0.3 is 14.9 Å². The Kier molecular flexibility index (Phi) is 4.60. The molecule has 0 spiro atoms. The van der Waals surface area contributed by atoms with E-state index in [1.807, 2.05) is 7.05 Å². The number of carbonyl (C=O) groups is 2. The number of amides is 2. The van der Waals surface area contributed by atoms with Crippen LogP contribution in [0.2, 0.25) is 0 Å². The second kappa shape index (κ2) is 6.03. The topological polar surface area (TPSA) is 60.9 Å². The Labute approximate surface area is 118 Å². The number of hydrogen-bond acceptors (Lipinski definition) is 3. The van der Waals surface area contributed by atoms with E-state index in [4.69, 9.17) is 5.11 Å². The lowest BCUT2D eigenvalue weighted by Gasteiger charge is -2.38. The van der Waals surface area contributed by atoms with Crippen LogP contribution in [0.5, 0.6) is 0 Å². The van der Waals surface area contributed by atoms with Crippen LogP contribution in [0.1, 0.15) is 32.6 Å². The summed E-state index contributed by atoms with van der Waals surface area (Å²) in [4.78, 5) is 26.9. The fourth-order valence-electron chi connectivity index (χ4n) is 3.05. The Balaban J connectivity index is 2.03. The molecule has 1 aliphatic heterocycles. The molecule has 2 aliphatic rings. The molecule has 6 heteroatoms. The van der Waals surface area contributed by atoms with Gasteiger partial charge in [0, 0.05) is 18.8 Å². The van der Waals surface area contributed by atoms with Crippen molar-refractivity contribution < 1.29 is 14.7 Å². The SMILES string of the molecule is CC1CCCCC1N(C)C(=O)N1CSC[C@H]1C(=O)O. The average Bonchev–Trinajstić information content (AvgIpc) is 2.87. The summed E-state index contributed by atoms with van der Waals surface area (Å²) in [7, 11) is 1.82. The highest BCUT2D eigenvalue weighted by molar-refractivity contribution is 7.99. The molecule has 0 radical (unpaired) electrons. The smallest absolute Gasteiger partial charge is 0.327 e. The summed E-state index contributed by atoms with van der Waals surface area (Å²) < 4.78 is 0. The van der Waals surface area contributed by atoms with Gasteiger partial charge in [-0.05, 0) is 18.8 Å². The number of hydrogen-bond donors (Lipinski definition) is 1. The number of rotatable bonds is 2. The number of carbonyl (C=O) groups excluding carboxylic acids is 1. The first-order valence-electron chi connectivity index (χ1n) is 6.86. The standard InChI is InChI=1S/C13H22N2O3S/c1-9-5-3-4-6-10(9)14(2)13(18)15-8-19-7-11(15)12(16)17/h9-11H,3-8H2,1-2H3,(H,16,17)/t9?,10?,11-/m0/s1. The van der Waals surface area contributed by atoms with Crippen molar-refractivity contribution in [1.29, 1.82) is 0 Å². The van der Waals surface area contributed by atoms with Crippen molar-refractivity contribution in [3.63, 3.8) is 0 Å². The third-order valence-corrected chi connectivity index (χ3v) is 5.29. The molecule has 2 unspecified atom stereocenters. The minimum absolute atomic E-state index is 0.129. The fraction of sp³-hybridized carbons (Fsp3) is 0.846. The van der Waals surface area contributed by atoms with Crippen LogP contribution in [0.3, 0.4) is 0 Å². The third kappa shape index (κ3) is 2.99. The molecule has 2 amide bonds. The highest BCUT2D eigenvalue weighted by Gasteiger charge is 2.38. The van der Waals surface area contributed by atoms with Crippen molar-refractivity contribution in [1.82, 2.24) is 9.80 Å². The number of nitrogens with zero attached hydrogens (tertiary/aromatic N) is 2. The Bertz CT molecular complexity index is 364. The zero-order chi connectivity index (χ0) is 14.0. The predicted octanol–water partition coefficient (Wildman–Crippen LogP) is 2.08. The van der Waals surface area contributed by atoms with Gasteiger partial charge >= 0.3 is 12.0 Å². The van der Waals surface area contributed by atoms with Gasteiger partial charge in [0.05, 0.1) is 5.88 Å². The first-order chi connectivity index (χ1) is 9.02. The van der Waals surface area contributed by atoms with Crippen LogP contribution in [0, 0.1) is 5.92 Å². The summed E-state index contributed by atoms with van der Waals surface area (Å²) in [5.74, 6) is 0.584. The van der Waals surface area contributed by atoms with Crippen LogP contribution in [0.15, 0.2) is 0 Å². The van der Waals surface area contributed by atoms with Crippen LogP contribution < -0.4 is 0 Å². The van der Waals surface area contributed by atoms with Crippen molar-refractivity contribution in [3.05, 3.63) is 0 Å². The van der Waals surface area contributed by atoms with Crippen LogP contribution in [-0.2, 0) is 4.79 Å². The molecule has 2 rings (SSSR count). The minimum Gasteiger partial charge on any atom is -0.480 e. The van der Waals surface area contributed by atoms with Crippen molar-refractivity contribution in [3.8, 4) is 0 Å². The van der Waals surface area contributed by atoms with E-state index >= 15 is 0 Å². The number of carboxylic acid groups (broad SMARTS) is 1. The maximum atomic E-state index is 12.5. The van der Waals surface area contributed by atoms with E-state index in [1.54, 1.807) is 4.90 Å². The van der Waals surface area contributed by atoms with Crippen molar-refractivity contribution in [2.75, 3.05) is 18.7 Å². The van der Waals surface area contributed by atoms with Gasteiger partial charge in [0.1, 0.15) is 6.04 Å². The Morgan fingerprint density at radius 3 is 2.63 bits per heavy atom. The molecular weight excluding hydrogens is 264 g/mol. The number of carboxylic acids is 1. The maximum absolute atomic E-state index is 12.5. The molecule has 1 saturated carbocycles. The molecule has 3 atom stereocenters. The second-order valence-electron chi connectivity index (χ2n) is 5.55. The quantitative estimate of drug-likeness (QED) is 0.844. The third-order valence-electron chi connectivity index (χ3n) is 4.28. The first kappa shape index (κ1) is 14.5. The maximum Gasteiger partial charge on any atom is 0.327 e. The zero-order valence-corrected chi connectivity index (χ0v) is 12.4. The van der Waals surface area contributed by atoms with Crippen molar-refractivity contribution in [2.45, 2.75) is 44.7 Å². The van der Waals surface area contributed by atoms with E-state index in [0.717, 1.165) is 19.3 Å². The first-order valence-corrected chi connectivity index (χ1v) is 8.02. The summed E-state index contributed by atoms with van der Waals surface area (Å²) in [5.41, 5.74) is 0. The van der Waals surface area contributed by atoms with E-state index in [-0.39, 0.29) is 12.1 Å². The molecule has 0 bridgehead atoms. The van der Waals surface area contributed by atoms with Crippen LogP contribution in [0.4, 0.5) is 4.79 Å². The summed E-state index contributed by atoms with van der Waals surface area (Å²) >= 11 is 1.51. The van der Waals surface area contributed by atoms with Gasteiger partial charge in [-0.3, -0.25) is 0 Å². The molecule has 1 heterocycles. The summed E-state index contributed by atoms with van der Waals surface area (Å²) in [5, 5.41) is 9.15. The lowest BCUT2D eigenvalue weighted by Crippen LogP contribution is -2.52. The Morgan fingerprint density at radius 1 is 1.32 bits per heavy atom. The van der Waals surface area contributed by atoms with Crippen molar-refractivity contribution >= 4 is 23.8 Å². The molecule has 19 heavy (non-hydrogen) atoms. The number of aliphatic carboxylic acids is 1. The van der Waals surface area contributed by atoms with Gasteiger partial charge in [0.25, 0.3) is 0 Å². The highest BCUT2D eigenvalue weighted by Crippen LogP contribution is 2.29. The number of thioether (sulfide) groups is 1. The van der Waals surface area contributed by atoms with Gasteiger partial charge in [0.15, 0.2) is 0 Å². The fourth-order valence-corrected chi connectivity index (χ4v) is 4.19. The van der Waals surface area contributed by atoms with Gasteiger partial charge in [-0.1, -0.05) is 19.8 Å². The van der Waals surface area contributed by atoms with Gasteiger partial charge in [-0.2, -0.15) is 0 Å². The van der Waals surface area contributed by atoms with E-state index in [2.05, 4.69) is 6.92 Å². The van der Waals surface area contributed by atoms with Gasteiger partial charge in [0.2, 0.25) is 0 Å². The van der Waals surface area contributed by atoms with Crippen LogP contribution in [0.25, 0.3) is 0 Å². The summed E-state index contributed by atoms with van der Waals surface area (Å²) in [6, 6.07) is -0.545. The van der Waals surface area contributed by atoms with Crippen LogP contribution in [-0.4, -0.2) is 57.7 Å². The molecule has 1 saturated heterocycles. The van der Waals surface area contributed by atoms with E-state index in [0.29, 0.717) is 17.5 Å². The molecule has 0 aromatic rings. The molecule has 108 valence electrons. The van der Waals surface area contributed by atoms with Gasteiger partial charge in [-0.15, -0.1) is 11.8 Å². The molecule has 0 aromatic heterocycles. The van der Waals surface area contributed by atoms with Gasteiger partial charge in [-0.25, -0.2) is 9.59 Å². The van der Waals surface area contributed by atoms with E-state index in [9.17, 15) is 9.59 Å². The Morgan fingerprint density at radius 2 is 2.00 bits per heavy atom.